The number of hydrogen-bond donors (Lipinski definition) is 1. The van der Waals surface area contributed by atoms with E-state index < -0.39 is 5.60 Å². The number of likely N-dealkylation sites (tertiary alicyclic amines) is 1. The molecule has 1 aliphatic rings. The lowest BCUT2D eigenvalue weighted by Gasteiger charge is -2.32. The van der Waals surface area contributed by atoms with Gasteiger partial charge in [-0.25, -0.2) is 0 Å². The van der Waals surface area contributed by atoms with Crippen LogP contribution in [-0.4, -0.2) is 42.2 Å². The molecule has 2 rings (SSSR count). The minimum absolute atomic E-state index is 0.207. The zero-order valence-electron chi connectivity index (χ0n) is 11.5. The van der Waals surface area contributed by atoms with Crippen LogP contribution < -0.4 is 0 Å². The summed E-state index contributed by atoms with van der Waals surface area (Å²) in [5, 5.41) is 10.6. The molecule has 4 heteroatoms. The molecule has 0 bridgehead atoms. The Kier molecular flexibility index (Phi) is 4.22. The van der Waals surface area contributed by atoms with Crippen LogP contribution >= 0.6 is 0 Å². The van der Waals surface area contributed by atoms with E-state index in [2.05, 4.69) is 0 Å². The lowest BCUT2D eigenvalue weighted by molar-refractivity contribution is -0.146. The first-order valence-corrected chi connectivity index (χ1v) is 6.64. The van der Waals surface area contributed by atoms with E-state index in [1.807, 2.05) is 35.2 Å². The Morgan fingerprint density at radius 1 is 1.47 bits per heavy atom. The van der Waals surface area contributed by atoms with Gasteiger partial charge in [0.1, 0.15) is 6.04 Å². The summed E-state index contributed by atoms with van der Waals surface area (Å²) in [6.07, 6.45) is 1.77. The molecule has 1 heterocycles. The van der Waals surface area contributed by atoms with E-state index in [1.165, 1.54) is 7.11 Å². The Balaban J connectivity index is 2.09. The fourth-order valence-electron chi connectivity index (χ4n) is 2.70. The van der Waals surface area contributed by atoms with Crippen molar-refractivity contribution < 1.29 is 14.6 Å². The normalized spacial score (nSPS) is 23.0. The Labute approximate surface area is 114 Å². The zero-order valence-corrected chi connectivity index (χ0v) is 11.5. The molecular formula is C15H21NO3. The standard InChI is InChI=1S/C15H21NO3/c1-15(18,12-7-4-3-5-8-12)11-16-10-6-9-13(16)14(17)19-2/h3-5,7-8,13,18H,6,9-11H2,1-2H3. The minimum atomic E-state index is -0.960. The summed E-state index contributed by atoms with van der Waals surface area (Å²) in [7, 11) is 1.41. The first-order valence-electron chi connectivity index (χ1n) is 6.64. The van der Waals surface area contributed by atoms with Gasteiger partial charge in [-0.1, -0.05) is 30.3 Å². The molecule has 104 valence electrons. The lowest BCUT2D eigenvalue weighted by atomic mass is 9.95. The Morgan fingerprint density at radius 3 is 2.79 bits per heavy atom. The van der Waals surface area contributed by atoms with Crippen LogP contribution in [0, 0.1) is 0 Å². The highest BCUT2D eigenvalue weighted by Gasteiger charge is 2.36. The molecule has 19 heavy (non-hydrogen) atoms. The number of ether oxygens (including phenoxy) is 1. The molecule has 2 unspecified atom stereocenters. The van der Waals surface area contributed by atoms with Crippen molar-refractivity contribution in [1.82, 2.24) is 4.90 Å². The van der Waals surface area contributed by atoms with E-state index in [-0.39, 0.29) is 12.0 Å². The number of nitrogens with zero attached hydrogens (tertiary/aromatic N) is 1. The number of esters is 1. The van der Waals surface area contributed by atoms with Gasteiger partial charge in [0.25, 0.3) is 0 Å². The van der Waals surface area contributed by atoms with Crippen molar-refractivity contribution in [2.45, 2.75) is 31.4 Å². The van der Waals surface area contributed by atoms with Crippen LogP contribution in [0.2, 0.25) is 0 Å². The fraction of sp³-hybridized carbons (Fsp3) is 0.533. The van der Waals surface area contributed by atoms with Gasteiger partial charge in [0.15, 0.2) is 0 Å². The van der Waals surface area contributed by atoms with Gasteiger partial charge in [0, 0.05) is 6.54 Å². The zero-order chi connectivity index (χ0) is 13.9. The van der Waals surface area contributed by atoms with E-state index in [9.17, 15) is 9.90 Å². The Morgan fingerprint density at radius 2 is 2.16 bits per heavy atom. The highest BCUT2D eigenvalue weighted by molar-refractivity contribution is 5.76. The second-order valence-corrected chi connectivity index (χ2v) is 5.29. The number of carbonyl (C=O) groups excluding carboxylic acids is 1. The van der Waals surface area contributed by atoms with Crippen molar-refractivity contribution in [2.75, 3.05) is 20.2 Å². The molecule has 0 radical (unpaired) electrons. The van der Waals surface area contributed by atoms with Crippen molar-refractivity contribution in [1.29, 1.82) is 0 Å². The molecule has 0 saturated carbocycles. The lowest BCUT2D eigenvalue weighted by Crippen LogP contribution is -2.44. The van der Waals surface area contributed by atoms with E-state index in [1.54, 1.807) is 6.92 Å². The quantitative estimate of drug-likeness (QED) is 0.837. The Bertz CT molecular complexity index is 430. The average molecular weight is 263 g/mol. The van der Waals surface area contributed by atoms with Crippen molar-refractivity contribution in [3.8, 4) is 0 Å². The summed E-state index contributed by atoms with van der Waals surface area (Å²) in [4.78, 5) is 13.7. The highest BCUT2D eigenvalue weighted by atomic mass is 16.5. The summed E-state index contributed by atoms with van der Waals surface area (Å²) >= 11 is 0. The van der Waals surface area contributed by atoms with Crippen molar-refractivity contribution in [3.63, 3.8) is 0 Å². The van der Waals surface area contributed by atoms with E-state index in [0.29, 0.717) is 6.54 Å². The highest BCUT2D eigenvalue weighted by Crippen LogP contribution is 2.26. The third-order valence-corrected chi connectivity index (χ3v) is 3.74. The summed E-state index contributed by atoms with van der Waals surface area (Å²) in [5.74, 6) is -0.207. The first-order chi connectivity index (χ1) is 9.04. The molecule has 2 atom stereocenters. The monoisotopic (exact) mass is 263 g/mol. The SMILES string of the molecule is COC(=O)C1CCCN1CC(C)(O)c1ccccc1. The van der Waals surface area contributed by atoms with Crippen LogP contribution in [0.3, 0.4) is 0 Å². The van der Waals surface area contributed by atoms with Crippen LogP contribution in [0.15, 0.2) is 30.3 Å². The van der Waals surface area contributed by atoms with Crippen molar-refractivity contribution in [3.05, 3.63) is 35.9 Å². The summed E-state index contributed by atoms with van der Waals surface area (Å²) in [6, 6.07) is 9.33. The second-order valence-electron chi connectivity index (χ2n) is 5.29. The van der Waals surface area contributed by atoms with Crippen molar-refractivity contribution in [2.24, 2.45) is 0 Å². The summed E-state index contributed by atoms with van der Waals surface area (Å²) in [5.41, 5.74) is -0.0942. The molecule has 1 aromatic rings. The fourth-order valence-corrected chi connectivity index (χ4v) is 2.70. The molecule has 1 aromatic carbocycles. The molecule has 0 aliphatic carbocycles. The maximum absolute atomic E-state index is 11.7. The van der Waals surface area contributed by atoms with E-state index in [0.717, 1.165) is 24.9 Å². The largest absolute Gasteiger partial charge is 0.468 e. The van der Waals surface area contributed by atoms with Crippen LogP contribution in [-0.2, 0) is 15.1 Å². The van der Waals surface area contributed by atoms with Gasteiger partial charge in [0.05, 0.1) is 12.7 Å². The maximum atomic E-state index is 11.7. The number of β-amino-alcohol motifs (C(OH)–C–C–N with tert-alkyl or cyclic N) is 1. The van der Waals surface area contributed by atoms with Gasteiger partial charge in [0.2, 0.25) is 0 Å². The smallest absolute Gasteiger partial charge is 0.323 e. The summed E-state index contributed by atoms with van der Waals surface area (Å²) in [6.45, 7) is 3.05. The predicted molar refractivity (Wildman–Crippen MR) is 72.6 cm³/mol. The van der Waals surface area contributed by atoms with Gasteiger partial charge >= 0.3 is 5.97 Å². The molecule has 4 nitrogen and oxygen atoms in total. The van der Waals surface area contributed by atoms with Crippen LogP contribution in [0.1, 0.15) is 25.3 Å². The third kappa shape index (κ3) is 3.14. The number of hydrogen-bond acceptors (Lipinski definition) is 4. The third-order valence-electron chi connectivity index (χ3n) is 3.74. The summed E-state index contributed by atoms with van der Waals surface area (Å²) < 4.78 is 4.82. The van der Waals surface area contributed by atoms with E-state index >= 15 is 0 Å². The first kappa shape index (κ1) is 14.0. The van der Waals surface area contributed by atoms with Crippen LogP contribution in [0.5, 0.6) is 0 Å². The molecule has 1 fully saturated rings. The topological polar surface area (TPSA) is 49.8 Å². The number of methoxy groups -OCH3 is 1. The second kappa shape index (κ2) is 5.72. The van der Waals surface area contributed by atoms with Crippen molar-refractivity contribution >= 4 is 5.97 Å². The van der Waals surface area contributed by atoms with Gasteiger partial charge in [-0.05, 0) is 31.9 Å². The van der Waals surface area contributed by atoms with Gasteiger partial charge in [-0.3, -0.25) is 9.69 Å². The predicted octanol–water partition coefficient (Wildman–Crippen LogP) is 1.53. The molecule has 0 spiro atoms. The minimum Gasteiger partial charge on any atom is -0.468 e. The maximum Gasteiger partial charge on any atom is 0.323 e. The number of carbonyl (C=O) groups is 1. The molecule has 1 saturated heterocycles. The average Bonchev–Trinajstić information content (AvgIpc) is 2.86. The Hall–Kier alpha value is -1.39. The van der Waals surface area contributed by atoms with Gasteiger partial charge in [-0.2, -0.15) is 0 Å². The van der Waals surface area contributed by atoms with Crippen LogP contribution in [0.4, 0.5) is 0 Å². The number of benzene rings is 1. The molecular weight excluding hydrogens is 242 g/mol. The van der Waals surface area contributed by atoms with E-state index in [4.69, 9.17) is 4.74 Å². The molecule has 0 amide bonds. The molecule has 1 N–H and O–H groups in total. The number of aliphatic hydroxyl groups is 1. The van der Waals surface area contributed by atoms with Crippen LogP contribution in [0.25, 0.3) is 0 Å². The van der Waals surface area contributed by atoms with Gasteiger partial charge in [-0.15, -0.1) is 0 Å². The molecule has 1 aliphatic heterocycles. The van der Waals surface area contributed by atoms with Gasteiger partial charge < -0.3 is 9.84 Å². The molecule has 0 aromatic heterocycles. The number of rotatable bonds is 4.